The fourth-order valence-corrected chi connectivity index (χ4v) is 5.10. The quantitative estimate of drug-likeness (QED) is 0.706. The van der Waals surface area contributed by atoms with Crippen LogP contribution in [0.15, 0.2) is 48.8 Å². The predicted molar refractivity (Wildman–Crippen MR) is 120 cm³/mol. The molecule has 2 fully saturated rings. The van der Waals surface area contributed by atoms with Crippen LogP contribution in [0.1, 0.15) is 25.7 Å². The number of anilines is 2. The molecular formula is C22H28N4O4S. The van der Waals surface area contributed by atoms with Crippen LogP contribution < -0.4 is 14.4 Å². The first-order valence-corrected chi connectivity index (χ1v) is 12.3. The molecule has 1 atom stereocenters. The number of carbonyl (C=O) groups is 1. The molecule has 0 bridgehead atoms. The summed E-state index contributed by atoms with van der Waals surface area (Å²) >= 11 is 0. The molecule has 1 aromatic carbocycles. The van der Waals surface area contributed by atoms with E-state index in [0.29, 0.717) is 30.9 Å². The third-order valence-corrected chi connectivity index (χ3v) is 6.80. The van der Waals surface area contributed by atoms with Crippen LogP contribution in [0.2, 0.25) is 0 Å². The number of carbonyl (C=O) groups excluding carboxylic acids is 1. The molecule has 2 saturated heterocycles. The molecule has 2 aromatic rings. The van der Waals surface area contributed by atoms with E-state index >= 15 is 0 Å². The number of nitrogens with one attached hydrogen (secondary N) is 1. The summed E-state index contributed by atoms with van der Waals surface area (Å²) in [6.07, 6.45) is 7.43. The van der Waals surface area contributed by atoms with Crippen molar-refractivity contribution in [2.24, 2.45) is 0 Å². The third-order valence-electron chi connectivity index (χ3n) is 5.63. The molecular weight excluding hydrogens is 416 g/mol. The summed E-state index contributed by atoms with van der Waals surface area (Å²) in [4.78, 5) is 20.3. The van der Waals surface area contributed by atoms with Crippen LogP contribution >= 0.6 is 0 Å². The van der Waals surface area contributed by atoms with Crippen LogP contribution in [0.5, 0.6) is 5.75 Å². The van der Waals surface area contributed by atoms with E-state index in [-0.39, 0.29) is 6.10 Å². The molecule has 0 radical (unpaired) electrons. The Balaban J connectivity index is 1.28. The van der Waals surface area contributed by atoms with Gasteiger partial charge in [0.2, 0.25) is 15.9 Å². The van der Waals surface area contributed by atoms with Crippen molar-refractivity contribution in [3.63, 3.8) is 0 Å². The average molecular weight is 445 g/mol. The molecule has 1 N–H and O–H groups in total. The average Bonchev–Trinajstić information content (AvgIpc) is 3.24. The van der Waals surface area contributed by atoms with Gasteiger partial charge in [-0.25, -0.2) is 8.42 Å². The number of hydrogen-bond acceptors (Lipinski definition) is 6. The largest absolute Gasteiger partial charge is 0.488 e. The predicted octanol–water partition coefficient (Wildman–Crippen LogP) is 2.49. The van der Waals surface area contributed by atoms with E-state index in [4.69, 9.17) is 4.74 Å². The topological polar surface area (TPSA) is 91.8 Å². The number of pyridine rings is 1. The van der Waals surface area contributed by atoms with E-state index in [1.54, 1.807) is 41.6 Å². The van der Waals surface area contributed by atoms with Gasteiger partial charge in [0.1, 0.15) is 17.6 Å². The second-order valence-corrected chi connectivity index (χ2v) is 9.73. The second kappa shape index (κ2) is 9.55. The lowest BCUT2D eigenvalue weighted by Gasteiger charge is -2.28. The maximum Gasteiger partial charge on any atom is 0.241 e. The first-order chi connectivity index (χ1) is 15.0. The van der Waals surface area contributed by atoms with E-state index < -0.39 is 21.7 Å². The summed E-state index contributed by atoms with van der Waals surface area (Å²) in [6, 6.07) is 10.9. The number of nitrogens with zero attached hydrogens (tertiary/aromatic N) is 3. The van der Waals surface area contributed by atoms with Crippen LogP contribution in [0.3, 0.4) is 0 Å². The van der Waals surface area contributed by atoms with Gasteiger partial charge in [-0.2, -0.15) is 0 Å². The lowest BCUT2D eigenvalue weighted by atomic mass is 10.1. The van der Waals surface area contributed by atoms with Crippen LogP contribution in [0.25, 0.3) is 0 Å². The van der Waals surface area contributed by atoms with Crippen molar-refractivity contribution in [1.82, 2.24) is 9.88 Å². The second-order valence-electron chi connectivity index (χ2n) is 8.01. The number of rotatable bonds is 7. The normalized spacial score (nSPS) is 19.3. The Morgan fingerprint density at radius 2 is 1.74 bits per heavy atom. The Hall–Kier alpha value is -2.81. The van der Waals surface area contributed by atoms with E-state index in [9.17, 15) is 13.2 Å². The number of aromatic nitrogens is 1. The number of amides is 1. The summed E-state index contributed by atoms with van der Waals surface area (Å²) in [7, 11) is -3.79. The minimum Gasteiger partial charge on any atom is -0.488 e. The van der Waals surface area contributed by atoms with Crippen molar-refractivity contribution in [3.8, 4) is 5.75 Å². The number of piperidine rings is 1. The molecule has 9 heteroatoms. The summed E-state index contributed by atoms with van der Waals surface area (Å²) < 4.78 is 33.4. The third kappa shape index (κ3) is 5.88. The van der Waals surface area contributed by atoms with E-state index in [1.807, 2.05) is 12.1 Å². The molecule has 4 rings (SSSR count). The molecule has 2 aliphatic heterocycles. The fourth-order valence-electron chi connectivity index (χ4n) is 4.02. The smallest absolute Gasteiger partial charge is 0.241 e. The minimum atomic E-state index is -3.79. The minimum absolute atomic E-state index is 0.149. The van der Waals surface area contributed by atoms with E-state index in [2.05, 4.69) is 14.6 Å². The number of likely N-dealkylation sites (tertiary alicyclic amines) is 1. The Bertz CT molecular complexity index is 976. The lowest BCUT2D eigenvalue weighted by Crippen LogP contribution is -2.37. The van der Waals surface area contributed by atoms with Gasteiger partial charge in [0.15, 0.2) is 0 Å². The fraction of sp³-hybridized carbons (Fsp3) is 0.455. The van der Waals surface area contributed by atoms with Gasteiger partial charge in [0, 0.05) is 49.8 Å². The maximum absolute atomic E-state index is 12.5. The Morgan fingerprint density at radius 3 is 2.45 bits per heavy atom. The molecule has 0 aliphatic carbocycles. The van der Waals surface area contributed by atoms with Crippen molar-refractivity contribution in [1.29, 1.82) is 0 Å². The monoisotopic (exact) mass is 444 g/mol. The molecule has 0 spiro atoms. The van der Waals surface area contributed by atoms with Gasteiger partial charge < -0.3 is 14.5 Å². The zero-order valence-corrected chi connectivity index (χ0v) is 18.3. The molecule has 1 unspecified atom stereocenters. The number of sulfonamides is 1. The molecule has 2 aliphatic rings. The highest BCUT2D eigenvalue weighted by atomic mass is 32.2. The van der Waals surface area contributed by atoms with Crippen molar-refractivity contribution in [3.05, 3.63) is 48.8 Å². The van der Waals surface area contributed by atoms with E-state index in [1.165, 1.54) is 19.3 Å². The van der Waals surface area contributed by atoms with Crippen LogP contribution in [-0.4, -0.2) is 62.2 Å². The first kappa shape index (κ1) is 21.4. The Kier molecular flexibility index (Phi) is 6.60. The highest BCUT2D eigenvalue weighted by Crippen LogP contribution is 2.23. The van der Waals surface area contributed by atoms with Crippen LogP contribution in [-0.2, 0) is 14.8 Å². The zero-order valence-electron chi connectivity index (χ0n) is 17.4. The molecule has 1 amide bonds. The Morgan fingerprint density at radius 1 is 1.03 bits per heavy atom. The number of hydrogen-bond donors (Lipinski definition) is 1. The summed E-state index contributed by atoms with van der Waals surface area (Å²) in [6.45, 7) is 2.92. The highest BCUT2D eigenvalue weighted by molar-refractivity contribution is 7.93. The van der Waals surface area contributed by atoms with Crippen molar-refractivity contribution >= 4 is 27.3 Å². The van der Waals surface area contributed by atoms with Gasteiger partial charge >= 0.3 is 0 Å². The van der Waals surface area contributed by atoms with E-state index in [0.717, 1.165) is 18.8 Å². The zero-order chi connectivity index (χ0) is 21.7. The summed E-state index contributed by atoms with van der Waals surface area (Å²) in [5.74, 6) is -0.307. The molecule has 1 aromatic heterocycles. The van der Waals surface area contributed by atoms with Crippen LogP contribution in [0.4, 0.5) is 11.4 Å². The standard InChI is InChI=1S/C22H28N4O4S/c27-22(26-15-10-21(16-26)30-20-8-11-23-12-9-20)17-31(28,29)24-18-4-6-19(7-5-18)25-13-2-1-3-14-25/h4-9,11-12,21,24H,1-3,10,13-17H2. The Labute approximate surface area is 183 Å². The SMILES string of the molecule is O=C(CS(=O)(=O)Nc1ccc(N2CCCCC2)cc1)N1CCC(Oc2ccncc2)C1. The van der Waals surface area contributed by atoms with Crippen molar-refractivity contribution in [2.45, 2.75) is 31.8 Å². The molecule has 3 heterocycles. The van der Waals surface area contributed by atoms with Crippen molar-refractivity contribution < 1.29 is 17.9 Å². The maximum atomic E-state index is 12.5. The molecule has 0 saturated carbocycles. The van der Waals surface area contributed by atoms with Gasteiger partial charge in [-0.1, -0.05) is 0 Å². The van der Waals surface area contributed by atoms with Gasteiger partial charge in [-0.05, 0) is 55.7 Å². The highest BCUT2D eigenvalue weighted by Gasteiger charge is 2.30. The van der Waals surface area contributed by atoms with Gasteiger partial charge in [0.05, 0.1) is 6.54 Å². The number of ether oxygens (including phenoxy) is 1. The van der Waals surface area contributed by atoms with Crippen molar-refractivity contribution in [2.75, 3.05) is 41.6 Å². The first-order valence-electron chi connectivity index (χ1n) is 10.7. The van der Waals surface area contributed by atoms with Gasteiger partial charge in [-0.15, -0.1) is 0 Å². The molecule has 8 nitrogen and oxygen atoms in total. The van der Waals surface area contributed by atoms with Crippen LogP contribution in [0, 0.1) is 0 Å². The summed E-state index contributed by atoms with van der Waals surface area (Å²) in [5, 5.41) is 0. The van der Waals surface area contributed by atoms with Gasteiger partial charge in [-0.3, -0.25) is 14.5 Å². The molecule has 31 heavy (non-hydrogen) atoms. The number of benzene rings is 1. The van der Waals surface area contributed by atoms with Gasteiger partial charge in [0.25, 0.3) is 0 Å². The summed E-state index contributed by atoms with van der Waals surface area (Å²) in [5.41, 5.74) is 1.56. The molecule has 166 valence electrons. The lowest BCUT2D eigenvalue weighted by molar-refractivity contribution is -0.127.